The van der Waals surface area contributed by atoms with Crippen molar-refractivity contribution in [3.63, 3.8) is 0 Å². The van der Waals surface area contributed by atoms with Crippen molar-refractivity contribution >= 4 is 5.69 Å². The van der Waals surface area contributed by atoms with Crippen molar-refractivity contribution < 1.29 is 13.9 Å². The van der Waals surface area contributed by atoms with Crippen LogP contribution < -0.4 is 4.90 Å². The van der Waals surface area contributed by atoms with Crippen molar-refractivity contribution in [2.24, 2.45) is 0 Å². The lowest BCUT2D eigenvalue weighted by Gasteiger charge is -2.22. The molecule has 4 heteroatoms. The van der Waals surface area contributed by atoms with Gasteiger partial charge in [-0.15, -0.1) is 0 Å². The fourth-order valence-electron chi connectivity index (χ4n) is 2.00. The Morgan fingerprint density at radius 2 is 1.63 bits per heavy atom. The average Bonchev–Trinajstić information content (AvgIpc) is 2.41. The molecule has 2 rings (SSSR count). The normalized spacial score (nSPS) is 10.5. The Bertz CT molecular complexity index is 555. The second-order valence-electron chi connectivity index (χ2n) is 4.41. The molecule has 2 aromatic carbocycles. The molecule has 0 bridgehead atoms. The third-order valence-corrected chi connectivity index (χ3v) is 2.96. The highest BCUT2D eigenvalue weighted by molar-refractivity contribution is 5.53. The molecule has 0 atom stereocenters. The van der Waals surface area contributed by atoms with Crippen molar-refractivity contribution in [3.05, 3.63) is 65.2 Å². The molecule has 0 aliphatic heterocycles. The molecule has 0 aliphatic rings. The smallest absolute Gasteiger partial charge is 0.123 e. The third kappa shape index (κ3) is 3.29. The van der Waals surface area contributed by atoms with E-state index in [9.17, 15) is 13.9 Å². The minimum absolute atomic E-state index is 0.221. The molecule has 0 aliphatic carbocycles. The number of anilines is 1. The van der Waals surface area contributed by atoms with Gasteiger partial charge in [0.25, 0.3) is 0 Å². The first-order valence-corrected chi connectivity index (χ1v) is 5.95. The van der Waals surface area contributed by atoms with Crippen molar-refractivity contribution in [2.45, 2.75) is 13.2 Å². The lowest BCUT2D eigenvalue weighted by atomic mass is 10.1. The van der Waals surface area contributed by atoms with Crippen molar-refractivity contribution in [3.8, 4) is 0 Å². The zero-order valence-electron chi connectivity index (χ0n) is 10.6. The summed E-state index contributed by atoms with van der Waals surface area (Å²) in [5, 5.41) is 9.25. The molecule has 0 amide bonds. The average molecular weight is 263 g/mol. The summed E-state index contributed by atoms with van der Waals surface area (Å²) in [6.07, 6.45) is 0. The second kappa shape index (κ2) is 5.80. The highest BCUT2D eigenvalue weighted by Crippen LogP contribution is 2.22. The van der Waals surface area contributed by atoms with Gasteiger partial charge in [-0.25, -0.2) is 8.78 Å². The minimum Gasteiger partial charge on any atom is -0.392 e. The highest BCUT2D eigenvalue weighted by atomic mass is 19.1. The van der Waals surface area contributed by atoms with E-state index in [2.05, 4.69) is 0 Å². The van der Waals surface area contributed by atoms with Crippen LogP contribution in [0.1, 0.15) is 11.1 Å². The molecule has 0 aromatic heterocycles. The zero-order chi connectivity index (χ0) is 13.8. The van der Waals surface area contributed by atoms with Crippen molar-refractivity contribution in [1.29, 1.82) is 0 Å². The number of aliphatic hydroxyl groups is 1. The SMILES string of the molecule is CN(Cc1ccc(F)cc1)c1ccc(F)cc1CO. The number of rotatable bonds is 4. The molecule has 0 unspecified atom stereocenters. The molecular formula is C15H15F2NO. The summed E-state index contributed by atoms with van der Waals surface area (Å²) in [6, 6.07) is 10.5. The number of benzene rings is 2. The lowest BCUT2D eigenvalue weighted by Crippen LogP contribution is -2.18. The maximum Gasteiger partial charge on any atom is 0.123 e. The number of aliphatic hydroxyl groups excluding tert-OH is 1. The molecule has 0 fully saturated rings. The summed E-state index contributed by atoms with van der Waals surface area (Å²) in [6.45, 7) is 0.333. The molecular weight excluding hydrogens is 248 g/mol. The van der Waals surface area contributed by atoms with Crippen LogP contribution in [0.2, 0.25) is 0 Å². The first-order chi connectivity index (χ1) is 9.10. The molecule has 0 saturated carbocycles. The molecule has 0 saturated heterocycles. The molecule has 2 nitrogen and oxygen atoms in total. The fourth-order valence-corrected chi connectivity index (χ4v) is 2.00. The topological polar surface area (TPSA) is 23.5 Å². The summed E-state index contributed by atoms with van der Waals surface area (Å²) in [7, 11) is 1.84. The maximum absolute atomic E-state index is 13.1. The van der Waals surface area contributed by atoms with E-state index < -0.39 is 0 Å². The van der Waals surface area contributed by atoms with Gasteiger partial charge in [-0.05, 0) is 35.9 Å². The van der Waals surface area contributed by atoms with E-state index in [1.807, 2.05) is 11.9 Å². The van der Waals surface area contributed by atoms with Crippen molar-refractivity contribution in [1.82, 2.24) is 0 Å². The van der Waals surface area contributed by atoms with E-state index in [1.165, 1.54) is 24.3 Å². The summed E-state index contributed by atoms with van der Waals surface area (Å²) in [5.41, 5.74) is 2.23. The van der Waals surface area contributed by atoms with Crippen LogP contribution in [0.5, 0.6) is 0 Å². The van der Waals surface area contributed by atoms with Gasteiger partial charge in [0.1, 0.15) is 11.6 Å². The standard InChI is InChI=1S/C15H15F2NO/c1-18(9-11-2-4-13(16)5-3-11)15-7-6-14(17)8-12(15)10-19/h2-8,19H,9-10H2,1H3. The van der Waals surface area contributed by atoms with Crippen LogP contribution in [0.3, 0.4) is 0 Å². The van der Waals surface area contributed by atoms with Gasteiger partial charge < -0.3 is 10.0 Å². The predicted molar refractivity (Wildman–Crippen MR) is 70.8 cm³/mol. The van der Waals surface area contributed by atoms with Gasteiger partial charge in [0.15, 0.2) is 0 Å². The van der Waals surface area contributed by atoms with Gasteiger partial charge in [-0.2, -0.15) is 0 Å². The van der Waals surface area contributed by atoms with Gasteiger partial charge in [0.2, 0.25) is 0 Å². The van der Waals surface area contributed by atoms with Crippen LogP contribution in [-0.4, -0.2) is 12.2 Å². The Kier molecular flexibility index (Phi) is 4.12. The summed E-state index contributed by atoms with van der Waals surface area (Å²) in [4.78, 5) is 1.89. The van der Waals surface area contributed by atoms with Gasteiger partial charge >= 0.3 is 0 Å². The summed E-state index contributed by atoms with van der Waals surface area (Å²) in [5.74, 6) is -0.646. The van der Waals surface area contributed by atoms with Crippen LogP contribution in [0.15, 0.2) is 42.5 Å². The quantitative estimate of drug-likeness (QED) is 0.916. The monoisotopic (exact) mass is 263 g/mol. The van der Waals surface area contributed by atoms with Crippen LogP contribution >= 0.6 is 0 Å². The lowest BCUT2D eigenvalue weighted by molar-refractivity contribution is 0.281. The van der Waals surface area contributed by atoms with Gasteiger partial charge in [0.05, 0.1) is 6.61 Å². The molecule has 1 N–H and O–H groups in total. The van der Waals surface area contributed by atoms with Crippen LogP contribution in [0.4, 0.5) is 14.5 Å². The van der Waals surface area contributed by atoms with Crippen LogP contribution in [0.25, 0.3) is 0 Å². The van der Waals surface area contributed by atoms with Crippen molar-refractivity contribution in [2.75, 3.05) is 11.9 Å². The minimum atomic E-state index is -0.372. The number of hydrogen-bond donors (Lipinski definition) is 1. The van der Waals surface area contributed by atoms with Crippen LogP contribution in [-0.2, 0) is 13.2 Å². The first kappa shape index (κ1) is 13.5. The van der Waals surface area contributed by atoms with E-state index >= 15 is 0 Å². The maximum atomic E-state index is 13.1. The van der Waals surface area contributed by atoms with E-state index in [-0.39, 0.29) is 18.2 Å². The fraction of sp³-hybridized carbons (Fsp3) is 0.200. The van der Waals surface area contributed by atoms with Crippen LogP contribution in [0, 0.1) is 11.6 Å². The largest absolute Gasteiger partial charge is 0.392 e. The Balaban J connectivity index is 2.19. The molecule has 19 heavy (non-hydrogen) atoms. The van der Waals surface area contributed by atoms with E-state index in [4.69, 9.17) is 0 Å². The Morgan fingerprint density at radius 3 is 2.26 bits per heavy atom. The second-order valence-corrected chi connectivity index (χ2v) is 4.41. The van der Waals surface area contributed by atoms with E-state index in [0.29, 0.717) is 12.1 Å². The summed E-state index contributed by atoms with van der Waals surface area (Å²) >= 11 is 0. The Labute approximate surface area is 110 Å². The number of halogens is 2. The molecule has 0 heterocycles. The van der Waals surface area contributed by atoms with Gasteiger partial charge in [0, 0.05) is 24.8 Å². The van der Waals surface area contributed by atoms with Gasteiger partial charge in [-0.3, -0.25) is 0 Å². The third-order valence-electron chi connectivity index (χ3n) is 2.96. The highest BCUT2D eigenvalue weighted by Gasteiger charge is 2.08. The zero-order valence-corrected chi connectivity index (χ0v) is 10.6. The first-order valence-electron chi connectivity index (χ1n) is 5.95. The van der Waals surface area contributed by atoms with Gasteiger partial charge in [-0.1, -0.05) is 12.1 Å². The summed E-state index contributed by atoms with van der Waals surface area (Å²) < 4.78 is 25.9. The Morgan fingerprint density at radius 1 is 1.00 bits per heavy atom. The molecule has 100 valence electrons. The molecule has 2 aromatic rings. The van der Waals surface area contributed by atoms with E-state index in [1.54, 1.807) is 18.2 Å². The predicted octanol–water partition coefficient (Wildman–Crippen LogP) is 3.09. The number of nitrogens with zero attached hydrogens (tertiary/aromatic N) is 1. The molecule has 0 spiro atoms. The molecule has 0 radical (unpaired) electrons. The number of hydrogen-bond acceptors (Lipinski definition) is 2. The van der Waals surface area contributed by atoms with E-state index in [0.717, 1.165) is 11.3 Å². The Hall–Kier alpha value is -1.94.